The van der Waals surface area contributed by atoms with E-state index in [1.807, 2.05) is 35.1 Å². The number of rotatable bonds is 3. The number of hydrogen-bond donors (Lipinski definition) is 1. The predicted molar refractivity (Wildman–Crippen MR) is 64.5 cm³/mol. The van der Waals surface area contributed by atoms with Crippen LogP contribution in [0.1, 0.15) is 5.56 Å². The van der Waals surface area contributed by atoms with Gasteiger partial charge in [-0.05, 0) is 34.0 Å². The summed E-state index contributed by atoms with van der Waals surface area (Å²) in [5, 5.41) is 4.19. The van der Waals surface area contributed by atoms with Crippen molar-refractivity contribution in [2.75, 3.05) is 5.73 Å². The zero-order chi connectivity index (χ0) is 10.7. The van der Waals surface area contributed by atoms with Gasteiger partial charge in [0.25, 0.3) is 0 Å². The van der Waals surface area contributed by atoms with E-state index in [0.717, 1.165) is 23.1 Å². The molecule has 0 aliphatic rings. The standard InChI is InChI=1S/C11H12BrN3/c12-10-7-14-15(8-10)6-5-9-3-1-2-4-11(9)13/h1-4,7-8H,5-6,13H2. The van der Waals surface area contributed by atoms with Gasteiger partial charge in [-0.2, -0.15) is 5.10 Å². The Labute approximate surface area is 97.0 Å². The molecule has 0 aliphatic carbocycles. The molecule has 2 N–H and O–H groups in total. The molecule has 1 aromatic carbocycles. The predicted octanol–water partition coefficient (Wildman–Crippen LogP) is 2.47. The molecule has 0 saturated carbocycles. The van der Waals surface area contributed by atoms with Crippen molar-refractivity contribution in [3.63, 3.8) is 0 Å². The van der Waals surface area contributed by atoms with Crippen LogP contribution >= 0.6 is 15.9 Å². The molecule has 2 rings (SSSR count). The van der Waals surface area contributed by atoms with Gasteiger partial charge in [-0.25, -0.2) is 0 Å². The molecule has 78 valence electrons. The fraction of sp³-hybridized carbons (Fsp3) is 0.182. The third-order valence-electron chi connectivity index (χ3n) is 2.27. The number of nitrogen functional groups attached to an aromatic ring is 1. The highest BCUT2D eigenvalue weighted by molar-refractivity contribution is 9.10. The first-order chi connectivity index (χ1) is 7.25. The van der Waals surface area contributed by atoms with Gasteiger partial charge in [0, 0.05) is 18.4 Å². The fourth-order valence-electron chi connectivity index (χ4n) is 1.46. The molecule has 3 nitrogen and oxygen atoms in total. The van der Waals surface area contributed by atoms with E-state index in [-0.39, 0.29) is 0 Å². The molecule has 0 spiro atoms. The molecular formula is C11H12BrN3. The second-order valence-corrected chi connectivity index (χ2v) is 4.29. The summed E-state index contributed by atoms with van der Waals surface area (Å²) in [5.41, 5.74) is 7.87. The molecule has 0 saturated heterocycles. The van der Waals surface area contributed by atoms with Gasteiger partial charge in [-0.1, -0.05) is 18.2 Å². The number of anilines is 1. The molecule has 4 heteroatoms. The van der Waals surface area contributed by atoms with Crippen LogP contribution in [0, 0.1) is 0 Å². The Balaban J connectivity index is 2.02. The average Bonchev–Trinajstić information content (AvgIpc) is 2.63. The first kappa shape index (κ1) is 10.2. The zero-order valence-corrected chi connectivity index (χ0v) is 9.81. The number of hydrogen-bond acceptors (Lipinski definition) is 2. The van der Waals surface area contributed by atoms with Crippen LogP contribution in [-0.2, 0) is 13.0 Å². The van der Waals surface area contributed by atoms with Crippen LogP contribution in [0.2, 0.25) is 0 Å². The summed E-state index contributed by atoms with van der Waals surface area (Å²) < 4.78 is 2.90. The second-order valence-electron chi connectivity index (χ2n) is 3.37. The highest BCUT2D eigenvalue weighted by Gasteiger charge is 1.99. The SMILES string of the molecule is Nc1ccccc1CCn1cc(Br)cn1. The molecule has 0 unspecified atom stereocenters. The summed E-state index contributed by atoms with van der Waals surface area (Å²) in [5.74, 6) is 0. The topological polar surface area (TPSA) is 43.8 Å². The summed E-state index contributed by atoms with van der Waals surface area (Å²) in [7, 11) is 0. The number of aryl methyl sites for hydroxylation is 2. The van der Waals surface area contributed by atoms with Crippen molar-refractivity contribution in [3.8, 4) is 0 Å². The Morgan fingerprint density at radius 2 is 2.13 bits per heavy atom. The minimum Gasteiger partial charge on any atom is -0.399 e. The molecule has 0 amide bonds. The summed E-state index contributed by atoms with van der Waals surface area (Å²) in [6.45, 7) is 0.847. The highest BCUT2D eigenvalue weighted by Crippen LogP contribution is 2.12. The summed E-state index contributed by atoms with van der Waals surface area (Å²) in [6.07, 6.45) is 4.65. The normalized spacial score (nSPS) is 10.5. The van der Waals surface area contributed by atoms with Gasteiger partial charge in [-0.3, -0.25) is 4.68 Å². The molecule has 0 fully saturated rings. The molecule has 0 aliphatic heterocycles. The molecule has 1 aromatic heterocycles. The first-order valence-electron chi connectivity index (χ1n) is 4.77. The quantitative estimate of drug-likeness (QED) is 0.867. The van der Waals surface area contributed by atoms with Crippen LogP contribution in [0.5, 0.6) is 0 Å². The van der Waals surface area contributed by atoms with Crippen molar-refractivity contribution in [1.29, 1.82) is 0 Å². The van der Waals surface area contributed by atoms with Crippen molar-refractivity contribution in [3.05, 3.63) is 46.7 Å². The van der Waals surface area contributed by atoms with Gasteiger partial charge >= 0.3 is 0 Å². The van der Waals surface area contributed by atoms with E-state index in [2.05, 4.69) is 21.0 Å². The summed E-state index contributed by atoms with van der Waals surface area (Å²) in [4.78, 5) is 0. The van der Waals surface area contributed by atoms with Crippen molar-refractivity contribution in [2.45, 2.75) is 13.0 Å². The van der Waals surface area contributed by atoms with Crippen molar-refractivity contribution < 1.29 is 0 Å². The molecule has 2 aromatic rings. The lowest BCUT2D eigenvalue weighted by Gasteiger charge is -2.04. The van der Waals surface area contributed by atoms with Crippen molar-refractivity contribution in [2.24, 2.45) is 0 Å². The van der Waals surface area contributed by atoms with E-state index < -0.39 is 0 Å². The number of halogens is 1. The van der Waals surface area contributed by atoms with E-state index in [1.165, 1.54) is 5.56 Å². The third-order valence-corrected chi connectivity index (χ3v) is 2.68. The van der Waals surface area contributed by atoms with Crippen LogP contribution in [0.4, 0.5) is 5.69 Å². The molecular weight excluding hydrogens is 254 g/mol. The van der Waals surface area contributed by atoms with Gasteiger partial charge in [0.2, 0.25) is 0 Å². The van der Waals surface area contributed by atoms with Crippen LogP contribution in [0.15, 0.2) is 41.1 Å². The zero-order valence-electron chi connectivity index (χ0n) is 8.23. The van der Waals surface area contributed by atoms with Gasteiger partial charge in [0.05, 0.1) is 10.7 Å². The maximum atomic E-state index is 5.85. The molecule has 0 bridgehead atoms. The number of aromatic nitrogens is 2. The number of para-hydroxylation sites is 1. The third kappa shape index (κ3) is 2.59. The Hall–Kier alpha value is -1.29. The van der Waals surface area contributed by atoms with E-state index in [9.17, 15) is 0 Å². The number of benzene rings is 1. The minimum atomic E-state index is 0.847. The average molecular weight is 266 g/mol. The maximum absolute atomic E-state index is 5.85. The summed E-state index contributed by atoms with van der Waals surface area (Å²) >= 11 is 3.36. The Morgan fingerprint density at radius 3 is 2.80 bits per heavy atom. The molecule has 0 radical (unpaired) electrons. The van der Waals surface area contributed by atoms with E-state index >= 15 is 0 Å². The first-order valence-corrected chi connectivity index (χ1v) is 5.56. The van der Waals surface area contributed by atoms with Crippen molar-refractivity contribution >= 4 is 21.6 Å². The van der Waals surface area contributed by atoms with E-state index in [1.54, 1.807) is 6.20 Å². The largest absolute Gasteiger partial charge is 0.399 e. The van der Waals surface area contributed by atoms with E-state index in [4.69, 9.17) is 5.73 Å². The fourth-order valence-corrected chi connectivity index (χ4v) is 1.79. The monoisotopic (exact) mass is 265 g/mol. The maximum Gasteiger partial charge on any atom is 0.0632 e. The Morgan fingerprint density at radius 1 is 1.33 bits per heavy atom. The minimum absolute atomic E-state index is 0.847. The number of nitrogens with two attached hydrogens (primary N) is 1. The smallest absolute Gasteiger partial charge is 0.0632 e. The summed E-state index contributed by atoms with van der Waals surface area (Å²) in [6, 6.07) is 7.93. The van der Waals surface area contributed by atoms with Gasteiger partial charge in [-0.15, -0.1) is 0 Å². The van der Waals surface area contributed by atoms with E-state index in [0.29, 0.717) is 0 Å². The molecule has 1 heterocycles. The lowest BCUT2D eigenvalue weighted by atomic mass is 10.1. The number of nitrogens with zero attached hydrogens (tertiary/aromatic N) is 2. The van der Waals surface area contributed by atoms with Gasteiger partial charge in [0.15, 0.2) is 0 Å². The van der Waals surface area contributed by atoms with Crippen LogP contribution in [0.25, 0.3) is 0 Å². The van der Waals surface area contributed by atoms with Crippen molar-refractivity contribution in [1.82, 2.24) is 9.78 Å². The van der Waals surface area contributed by atoms with Crippen LogP contribution < -0.4 is 5.73 Å². The second kappa shape index (κ2) is 4.49. The van der Waals surface area contributed by atoms with Crippen LogP contribution in [0.3, 0.4) is 0 Å². The Kier molecular flexibility index (Phi) is 3.06. The molecule has 15 heavy (non-hydrogen) atoms. The lowest BCUT2D eigenvalue weighted by Crippen LogP contribution is -2.03. The van der Waals surface area contributed by atoms with Crippen LogP contribution in [-0.4, -0.2) is 9.78 Å². The Bertz CT molecular complexity index is 451. The lowest BCUT2D eigenvalue weighted by molar-refractivity contribution is 0.615. The highest BCUT2D eigenvalue weighted by atomic mass is 79.9. The van der Waals surface area contributed by atoms with Gasteiger partial charge in [0.1, 0.15) is 0 Å². The molecule has 0 atom stereocenters. The van der Waals surface area contributed by atoms with Gasteiger partial charge < -0.3 is 5.73 Å².